The summed E-state index contributed by atoms with van der Waals surface area (Å²) in [5.74, 6) is 0.331. The fraction of sp³-hybridized carbons (Fsp3) is 0.125. The van der Waals surface area contributed by atoms with Gasteiger partial charge in [0.05, 0.1) is 5.69 Å². The van der Waals surface area contributed by atoms with Crippen LogP contribution in [0.15, 0.2) is 29.3 Å². The summed E-state index contributed by atoms with van der Waals surface area (Å²) in [6.45, 7) is 1.52. The van der Waals surface area contributed by atoms with E-state index in [0.29, 0.717) is 5.69 Å². The Morgan fingerprint density at radius 3 is 2.42 bits per heavy atom. The molecular weight excluding hydrogens is 158 g/mol. The van der Waals surface area contributed by atoms with Crippen LogP contribution in [0.3, 0.4) is 0 Å². The van der Waals surface area contributed by atoms with Gasteiger partial charge in [-0.25, -0.2) is 10.2 Å². The molecule has 12 heavy (non-hydrogen) atoms. The van der Waals surface area contributed by atoms with Gasteiger partial charge in [0.1, 0.15) is 5.75 Å². The molecule has 0 aliphatic rings. The summed E-state index contributed by atoms with van der Waals surface area (Å²) in [6, 6.07) is 6.22. The van der Waals surface area contributed by atoms with Crippen LogP contribution in [0.25, 0.3) is 0 Å². The van der Waals surface area contributed by atoms with E-state index in [4.69, 9.17) is 10.4 Å². The van der Waals surface area contributed by atoms with Crippen molar-refractivity contribution in [1.29, 1.82) is 0 Å². The lowest BCUT2D eigenvalue weighted by Crippen LogP contribution is -1.92. The monoisotopic (exact) mass is 167 g/mol. The molecule has 2 N–H and O–H groups in total. The summed E-state index contributed by atoms with van der Waals surface area (Å²) in [5, 5.41) is 17.1. The lowest BCUT2D eigenvalue weighted by atomic mass is 10.3. The van der Waals surface area contributed by atoms with E-state index in [-0.39, 0.29) is 11.6 Å². The van der Waals surface area contributed by atoms with Crippen LogP contribution in [-0.2, 0) is 4.89 Å². The molecule has 0 radical (unpaired) electrons. The number of nitrogens with zero attached hydrogens (tertiary/aromatic N) is 1. The molecule has 4 nitrogen and oxygen atoms in total. The highest BCUT2D eigenvalue weighted by molar-refractivity contribution is 5.75. The van der Waals surface area contributed by atoms with Gasteiger partial charge in [-0.05, 0) is 24.3 Å². The van der Waals surface area contributed by atoms with E-state index in [0.717, 1.165) is 0 Å². The molecule has 0 saturated heterocycles. The number of aliphatic imine (C=N–C) groups is 1. The number of hydrogen-bond acceptors (Lipinski definition) is 4. The second kappa shape index (κ2) is 3.73. The van der Waals surface area contributed by atoms with Gasteiger partial charge in [0, 0.05) is 6.92 Å². The first-order valence-corrected chi connectivity index (χ1v) is 3.38. The van der Waals surface area contributed by atoms with Gasteiger partial charge in [-0.15, -0.1) is 0 Å². The summed E-state index contributed by atoms with van der Waals surface area (Å²) in [7, 11) is 0. The smallest absolute Gasteiger partial charge is 0.229 e. The van der Waals surface area contributed by atoms with Crippen molar-refractivity contribution in [3.05, 3.63) is 24.3 Å². The second-order valence-corrected chi connectivity index (χ2v) is 2.24. The zero-order valence-electron chi connectivity index (χ0n) is 6.56. The maximum atomic E-state index is 8.92. The Morgan fingerprint density at radius 1 is 1.33 bits per heavy atom. The minimum Gasteiger partial charge on any atom is -0.508 e. The highest BCUT2D eigenvalue weighted by Crippen LogP contribution is 2.16. The largest absolute Gasteiger partial charge is 0.508 e. The molecule has 0 fully saturated rings. The number of benzene rings is 1. The number of aromatic hydroxyl groups is 1. The normalized spacial score (nSPS) is 11.3. The molecule has 0 bridgehead atoms. The Labute approximate surface area is 69.7 Å². The highest BCUT2D eigenvalue weighted by atomic mass is 17.1. The van der Waals surface area contributed by atoms with Crippen molar-refractivity contribution in [3.8, 4) is 5.75 Å². The summed E-state index contributed by atoms with van der Waals surface area (Å²) in [5.41, 5.74) is 0.611. The molecule has 0 aliphatic carbocycles. The molecule has 1 rings (SSSR count). The minimum absolute atomic E-state index is 0.153. The Hall–Kier alpha value is -1.55. The second-order valence-electron chi connectivity index (χ2n) is 2.24. The van der Waals surface area contributed by atoms with Gasteiger partial charge in [-0.1, -0.05) is 0 Å². The summed E-state index contributed by atoms with van der Waals surface area (Å²) < 4.78 is 0. The molecule has 0 aromatic heterocycles. The first-order valence-electron chi connectivity index (χ1n) is 3.38. The zero-order chi connectivity index (χ0) is 8.97. The summed E-state index contributed by atoms with van der Waals surface area (Å²) >= 11 is 0. The third kappa shape index (κ3) is 2.25. The van der Waals surface area contributed by atoms with E-state index in [2.05, 4.69) is 9.88 Å². The van der Waals surface area contributed by atoms with Crippen LogP contribution < -0.4 is 0 Å². The van der Waals surface area contributed by atoms with E-state index >= 15 is 0 Å². The van der Waals surface area contributed by atoms with Gasteiger partial charge in [0.25, 0.3) is 0 Å². The molecule has 0 unspecified atom stereocenters. The molecule has 1 aromatic rings. The summed E-state index contributed by atoms with van der Waals surface area (Å²) in [6.07, 6.45) is 0. The average Bonchev–Trinajstić information content (AvgIpc) is 2.09. The first kappa shape index (κ1) is 8.55. The Bertz CT molecular complexity index is 279. The van der Waals surface area contributed by atoms with Crippen LogP contribution in [0.2, 0.25) is 0 Å². The van der Waals surface area contributed by atoms with Gasteiger partial charge in [0.2, 0.25) is 5.90 Å². The highest BCUT2D eigenvalue weighted by Gasteiger charge is 1.92. The molecule has 0 heterocycles. The van der Waals surface area contributed by atoms with Gasteiger partial charge >= 0.3 is 0 Å². The number of rotatable bonds is 1. The van der Waals surface area contributed by atoms with Gasteiger partial charge in [-0.2, -0.15) is 0 Å². The summed E-state index contributed by atoms with van der Waals surface area (Å²) in [4.78, 5) is 7.72. The molecule has 0 saturated carbocycles. The fourth-order valence-electron chi connectivity index (χ4n) is 0.729. The van der Waals surface area contributed by atoms with Crippen LogP contribution in [0, 0.1) is 0 Å². The van der Waals surface area contributed by atoms with Crippen molar-refractivity contribution < 1.29 is 15.3 Å². The Kier molecular flexibility index (Phi) is 2.66. The third-order valence-electron chi connectivity index (χ3n) is 1.27. The first-order chi connectivity index (χ1) is 5.72. The van der Waals surface area contributed by atoms with Crippen LogP contribution in [0.1, 0.15) is 6.92 Å². The minimum atomic E-state index is 0.153. The average molecular weight is 167 g/mol. The molecule has 0 amide bonds. The Morgan fingerprint density at radius 2 is 1.92 bits per heavy atom. The zero-order valence-corrected chi connectivity index (χ0v) is 6.56. The maximum Gasteiger partial charge on any atom is 0.229 e. The van der Waals surface area contributed by atoms with Gasteiger partial charge in [0.15, 0.2) is 0 Å². The van der Waals surface area contributed by atoms with E-state index < -0.39 is 0 Å². The quantitative estimate of drug-likeness (QED) is 0.291. The number of hydrogen-bond donors (Lipinski definition) is 2. The van der Waals surface area contributed by atoms with Crippen molar-refractivity contribution in [3.63, 3.8) is 0 Å². The maximum absolute atomic E-state index is 8.92. The number of phenolic OH excluding ortho intramolecular Hbond substituents is 1. The van der Waals surface area contributed by atoms with Crippen LogP contribution in [-0.4, -0.2) is 16.3 Å². The van der Waals surface area contributed by atoms with Crippen LogP contribution in [0.4, 0.5) is 5.69 Å². The van der Waals surface area contributed by atoms with Crippen molar-refractivity contribution in [1.82, 2.24) is 0 Å². The van der Waals surface area contributed by atoms with Crippen LogP contribution in [0.5, 0.6) is 5.75 Å². The standard InChI is InChI=1S/C8H9NO3/c1-6(12-11)9-7-2-4-8(10)5-3-7/h2-5,10-11H,1H3. The molecular formula is C8H9NO3. The third-order valence-corrected chi connectivity index (χ3v) is 1.27. The van der Waals surface area contributed by atoms with Gasteiger partial charge in [-0.3, -0.25) is 0 Å². The van der Waals surface area contributed by atoms with Crippen LogP contribution >= 0.6 is 0 Å². The molecule has 0 atom stereocenters. The fourth-order valence-corrected chi connectivity index (χ4v) is 0.729. The molecule has 0 spiro atoms. The van der Waals surface area contributed by atoms with E-state index in [9.17, 15) is 0 Å². The van der Waals surface area contributed by atoms with Gasteiger partial charge < -0.3 is 9.99 Å². The van der Waals surface area contributed by atoms with Crippen molar-refractivity contribution in [2.24, 2.45) is 4.99 Å². The topological polar surface area (TPSA) is 62.1 Å². The molecule has 4 heteroatoms. The molecule has 0 aliphatic heterocycles. The van der Waals surface area contributed by atoms with Crippen molar-refractivity contribution in [2.75, 3.05) is 0 Å². The van der Waals surface area contributed by atoms with E-state index in [1.165, 1.54) is 19.1 Å². The van der Waals surface area contributed by atoms with Crippen molar-refractivity contribution >= 4 is 11.6 Å². The predicted molar refractivity (Wildman–Crippen MR) is 44.6 cm³/mol. The lowest BCUT2D eigenvalue weighted by Gasteiger charge is -1.95. The predicted octanol–water partition coefficient (Wildman–Crippen LogP) is 1.93. The SMILES string of the molecule is CC(=Nc1ccc(O)cc1)OO. The van der Waals surface area contributed by atoms with E-state index in [1.807, 2.05) is 0 Å². The number of phenols is 1. The Balaban J connectivity index is 2.84. The molecule has 64 valence electrons. The van der Waals surface area contributed by atoms with Crippen molar-refractivity contribution in [2.45, 2.75) is 6.92 Å². The lowest BCUT2D eigenvalue weighted by molar-refractivity contribution is -0.155. The molecule has 1 aromatic carbocycles. The van der Waals surface area contributed by atoms with E-state index in [1.54, 1.807) is 12.1 Å².